The Kier molecular flexibility index (Phi) is 3.79. The van der Waals surface area contributed by atoms with Crippen LogP contribution in [-0.4, -0.2) is 16.6 Å². The minimum atomic E-state index is -3.16. The Bertz CT molecular complexity index is 213. The molecule has 13 heavy (non-hydrogen) atoms. The first-order chi connectivity index (χ1) is 5.73. The lowest BCUT2D eigenvalue weighted by Crippen LogP contribution is -2.43. The number of hydrogen-bond donors (Lipinski definition) is 1. The van der Waals surface area contributed by atoms with Gasteiger partial charge >= 0.3 is 0 Å². The van der Waals surface area contributed by atoms with Crippen molar-refractivity contribution in [3.63, 3.8) is 0 Å². The van der Waals surface area contributed by atoms with Gasteiger partial charge < -0.3 is 5.11 Å². The molecule has 0 rings (SSSR count). The van der Waals surface area contributed by atoms with Crippen molar-refractivity contribution in [1.29, 1.82) is 0 Å². The van der Waals surface area contributed by atoms with Crippen LogP contribution in [-0.2, 0) is 0 Å². The van der Waals surface area contributed by atoms with Gasteiger partial charge in [0.1, 0.15) is 5.60 Å². The second kappa shape index (κ2) is 4.01. The maximum absolute atomic E-state index is 13.2. The number of hydrogen-bond acceptors (Lipinski definition) is 1. The van der Waals surface area contributed by atoms with Gasteiger partial charge in [-0.1, -0.05) is 17.7 Å². The van der Waals surface area contributed by atoms with Gasteiger partial charge in [0, 0.05) is 6.42 Å². The molecule has 1 unspecified atom stereocenters. The van der Waals surface area contributed by atoms with Gasteiger partial charge in [-0.3, -0.25) is 0 Å². The standard InChI is InChI=1S/C10H16F2O/c1-5-9(4,13)10(11,12)7-6-8(2)3/h5-6,13H,1,7H2,2-4H3. The van der Waals surface area contributed by atoms with Gasteiger partial charge in [-0.25, -0.2) is 8.78 Å². The molecule has 0 aromatic rings. The Balaban J connectivity index is 4.57. The highest BCUT2D eigenvalue weighted by atomic mass is 19.3. The Hall–Kier alpha value is -0.700. The lowest BCUT2D eigenvalue weighted by atomic mass is 9.95. The summed E-state index contributed by atoms with van der Waals surface area (Å²) in [6, 6.07) is 0. The van der Waals surface area contributed by atoms with Crippen molar-refractivity contribution in [3.8, 4) is 0 Å². The highest BCUT2D eigenvalue weighted by molar-refractivity contribution is 5.07. The van der Waals surface area contributed by atoms with Crippen LogP contribution in [0.4, 0.5) is 8.78 Å². The number of aliphatic hydroxyl groups is 1. The van der Waals surface area contributed by atoms with Crippen LogP contribution >= 0.6 is 0 Å². The van der Waals surface area contributed by atoms with E-state index in [-0.39, 0.29) is 0 Å². The summed E-state index contributed by atoms with van der Waals surface area (Å²) in [5, 5.41) is 9.27. The van der Waals surface area contributed by atoms with E-state index in [0.29, 0.717) is 0 Å². The molecule has 0 aromatic heterocycles. The molecule has 1 nitrogen and oxygen atoms in total. The summed E-state index contributed by atoms with van der Waals surface area (Å²) in [6.07, 6.45) is 1.80. The van der Waals surface area contributed by atoms with E-state index >= 15 is 0 Å². The quantitative estimate of drug-likeness (QED) is 0.676. The third kappa shape index (κ3) is 3.27. The van der Waals surface area contributed by atoms with Crippen molar-refractivity contribution in [3.05, 3.63) is 24.3 Å². The van der Waals surface area contributed by atoms with Crippen molar-refractivity contribution in [2.45, 2.75) is 38.7 Å². The second-order valence-corrected chi connectivity index (χ2v) is 3.54. The second-order valence-electron chi connectivity index (χ2n) is 3.54. The number of allylic oxidation sites excluding steroid dienone is 2. The topological polar surface area (TPSA) is 20.2 Å². The average Bonchev–Trinajstić information content (AvgIpc) is 2.01. The lowest BCUT2D eigenvalue weighted by molar-refractivity contribution is -0.141. The molecular formula is C10H16F2O. The van der Waals surface area contributed by atoms with Gasteiger partial charge in [-0.05, 0) is 20.8 Å². The maximum atomic E-state index is 13.2. The molecule has 0 saturated carbocycles. The van der Waals surface area contributed by atoms with E-state index in [1.165, 1.54) is 6.08 Å². The van der Waals surface area contributed by atoms with E-state index in [1.54, 1.807) is 13.8 Å². The van der Waals surface area contributed by atoms with Crippen LogP contribution in [0.3, 0.4) is 0 Å². The van der Waals surface area contributed by atoms with Gasteiger partial charge in [0.2, 0.25) is 0 Å². The minimum Gasteiger partial charge on any atom is -0.380 e. The summed E-state index contributed by atoms with van der Waals surface area (Å²) in [5.74, 6) is -3.16. The molecule has 0 heterocycles. The fraction of sp³-hybridized carbons (Fsp3) is 0.600. The number of halogens is 2. The molecule has 0 aliphatic carbocycles. The Morgan fingerprint density at radius 2 is 1.92 bits per heavy atom. The molecule has 0 spiro atoms. The van der Waals surface area contributed by atoms with Crippen molar-refractivity contribution in [2.75, 3.05) is 0 Å². The van der Waals surface area contributed by atoms with Crippen molar-refractivity contribution in [2.24, 2.45) is 0 Å². The largest absolute Gasteiger partial charge is 0.380 e. The summed E-state index contributed by atoms with van der Waals surface area (Å²) < 4.78 is 26.4. The van der Waals surface area contributed by atoms with Gasteiger partial charge in [-0.2, -0.15) is 0 Å². The zero-order valence-electron chi connectivity index (χ0n) is 8.27. The third-order valence-corrected chi connectivity index (χ3v) is 1.90. The van der Waals surface area contributed by atoms with Crippen LogP contribution in [0.5, 0.6) is 0 Å². The van der Waals surface area contributed by atoms with E-state index < -0.39 is 17.9 Å². The molecular weight excluding hydrogens is 174 g/mol. The summed E-state index contributed by atoms with van der Waals surface area (Å²) in [4.78, 5) is 0. The smallest absolute Gasteiger partial charge is 0.282 e. The lowest BCUT2D eigenvalue weighted by Gasteiger charge is -2.28. The van der Waals surface area contributed by atoms with E-state index in [1.807, 2.05) is 0 Å². The van der Waals surface area contributed by atoms with E-state index in [4.69, 9.17) is 0 Å². The molecule has 1 atom stereocenters. The molecule has 1 N–H and O–H groups in total. The van der Waals surface area contributed by atoms with Crippen LogP contribution in [0.1, 0.15) is 27.2 Å². The van der Waals surface area contributed by atoms with Crippen molar-refractivity contribution >= 4 is 0 Å². The fourth-order valence-electron chi connectivity index (χ4n) is 0.688. The van der Waals surface area contributed by atoms with Gasteiger partial charge in [-0.15, -0.1) is 6.58 Å². The first kappa shape index (κ1) is 12.3. The van der Waals surface area contributed by atoms with E-state index in [2.05, 4.69) is 6.58 Å². The first-order valence-electron chi connectivity index (χ1n) is 4.10. The summed E-state index contributed by atoms with van der Waals surface area (Å²) in [5.41, 5.74) is -1.33. The molecule has 0 saturated heterocycles. The minimum absolute atomic E-state index is 0.464. The van der Waals surface area contributed by atoms with Crippen LogP contribution in [0.25, 0.3) is 0 Å². The van der Waals surface area contributed by atoms with Crippen molar-refractivity contribution in [1.82, 2.24) is 0 Å². The van der Waals surface area contributed by atoms with Gasteiger partial charge in [0.05, 0.1) is 0 Å². The Morgan fingerprint density at radius 3 is 2.23 bits per heavy atom. The molecule has 0 aliphatic heterocycles. The van der Waals surface area contributed by atoms with Gasteiger partial charge in [0.25, 0.3) is 5.92 Å². The molecule has 0 fully saturated rings. The normalized spacial score (nSPS) is 16.2. The summed E-state index contributed by atoms with van der Waals surface area (Å²) in [7, 11) is 0. The van der Waals surface area contributed by atoms with Gasteiger partial charge in [0.15, 0.2) is 0 Å². The highest BCUT2D eigenvalue weighted by Crippen LogP contribution is 2.33. The highest BCUT2D eigenvalue weighted by Gasteiger charge is 2.45. The van der Waals surface area contributed by atoms with Crippen LogP contribution in [0.2, 0.25) is 0 Å². The fourth-order valence-corrected chi connectivity index (χ4v) is 0.688. The molecule has 0 aliphatic rings. The zero-order chi connectivity index (χ0) is 10.7. The molecule has 0 amide bonds. The monoisotopic (exact) mass is 190 g/mol. The zero-order valence-corrected chi connectivity index (χ0v) is 8.27. The average molecular weight is 190 g/mol. The number of alkyl halides is 2. The molecule has 0 aromatic carbocycles. The molecule has 76 valence electrons. The van der Waals surface area contributed by atoms with E-state index in [0.717, 1.165) is 18.6 Å². The predicted octanol–water partition coefficient (Wildman–Crippen LogP) is 2.92. The number of rotatable bonds is 4. The van der Waals surface area contributed by atoms with Crippen LogP contribution in [0.15, 0.2) is 24.3 Å². The molecule has 3 heteroatoms. The van der Waals surface area contributed by atoms with Crippen LogP contribution in [0, 0.1) is 0 Å². The summed E-state index contributed by atoms with van der Waals surface area (Å²) in [6.45, 7) is 7.70. The molecule has 0 radical (unpaired) electrons. The van der Waals surface area contributed by atoms with Crippen molar-refractivity contribution < 1.29 is 13.9 Å². The SMILES string of the molecule is C=CC(C)(O)C(F)(F)CC=C(C)C. The van der Waals surface area contributed by atoms with E-state index in [9.17, 15) is 13.9 Å². The maximum Gasteiger partial charge on any atom is 0.282 e. The summed E-state index contributed by atoms with van der Waals surface area (Å²) >= 11 is 0. The predicted molar refractivity (Wildman–Crippen MR) is 49.8 cm³/mol. The third-order valence-electron chi connectivity index (χ3n) is 1.90. The Morgan fingerprint density at radius 1 is 1.46 bits per heavy atom. The van der Waals surface area contributed by atoms with Crippen LogP contribution < -0.4 is 0 Å². The first-order valence-corrected chi connectivity index (χ1v) is 4.10. The molecule has 0 bridgehead atoms. The Labute approximate surface area is 77.8 Å².